The van der Waals surface area contributed by atoms with Crippen LogP contribution in [0.2, 0.25) is 0 Å². The first-order valence-corrected chi connectivity index (χ1v) is 11.3. The molecule has 5 rings (SSSR count). The summed E-state index contributed by atoms with van der Waals surface area (Å²) in [4.78, 5) is 43.9. The van der Waals surface area contributed by atoms with Crippen molar-refractivity contribution in [2.75, 3.05) is 18.5 Å². The van der Waals surface area contributed by atoms with E-state index in [9.17, 15) is 14.4 Å². The fraction of sp³-hybridized carbons (Fsp3) is 0.167. The molecule has 0 saturated carbocycles. The number of fused-ring (bicyclic) bond motifs is 2. The summed E-state index contributed by atoms with van der Waals surface area (Å²) in [7, 11) is 2.91. The van der Waals surface area contributed by atoms with Crippen LogP contribution in [0.1, 0.15) is 10.5 Å². The van der Waals surface area contributed by atoms with Crippen LogP contribution < -0.4 is 26.0 Å². The van der Waals surface area contributed by atoms with E-state index in [1.165, 1.54) is 42.6 Å². The molecule has 9 nitrogen and oxygen atoms in total. The van der Waals surface area contributed by atoms with Crippen LogP contribution >= 0.6 is 11.8 Å². The Labute approximate surface area is 198 Å². The van der Waals surface area contributed by atoms with Gasteiger partial charge in [-0.2, -0.15) is 0 Å². The molecule has 0 atom stereocenters. The number of hydrogen-bond acceptors (Lipinski definition) is 7. The van der Waals surface area contributed by atoms with Gasteiger partial charge >= 0.3 is 5.69 Å². The van der Waals surface area contributed by atoms with E-state index in [0.29, 0.717) is 30.4 Å². The van der Waals surface area contributed by atoms with Crippen molar-refractivity contribution < 1.29 is 14.3 Å². The molecular formula is C24H20N4O5S. The molecule has 1 amide bonds. The normalized spacial score (nSPS) is 12.5. The molecule has 1 aliphatic heterocycles. The third-order valence-corrected chi connectivity index (χ3v) is 6.46. The van der Waals surface area contributed by atoms with E-state index in [0.717, 1.165) is 14.4 Å². The highest BCUT2D eigenvalue weighted by Gasteiger charge is 2.20. The van der Waals surface area contributed by atoms with Gasteiger partial charge in [0.25, 0.3) is 11.5 Å². The molecule has 3 heterocycles. The molecule has 0 saturated heterocycles. The average molecular weight is 477 g/mol. The van der Waals surface area contributed by atoms with Crippen LogP contribution in [0.15, 0.2) is 74.0 Å². The first-order chi connectivity index (χ1) is 16.4. The molecule has 0 bridgehead atoms. The van der Waals surface area contributed by atoms with Gasteiger partial charge < -0.3 is 14.8 Å². The summed E-state index contributed by atoms with van der Waals surface area (Å²) in [6, 6.07) is 16.3. The smallest absolute Gasteiger partial charge is 0.332 e. The van der Waals surface area contributed by atoms with Crippen LogP contribution in [0.25, 0.3) is 11.0 Å². The Morgan fingerprint density at radius 2 is 1.68 bits per heavy atom. The first kappa shape index (κ1) is 21.8. The highest BCUT2D eigenvalue weighted by Crippen LogP contribution is 2.42. The monoisotopic (exact) mass is 476 g/mol. The summed E-state index contributed by atoms with van der Waals surface area (Å²) in [5.41, 5.74) is -0.243. The SMILES string of the molecule is Cn1c(=O)c2ccc(C(=O)Nc3cc4c(cc3Sc3ccccc3)OCCO4)nc2n(C)c1=O. The van der Waals surface area contributed by atoms with E-state index in [2.05, 4.69) is 10.3 Å². The van der Waals surface area contributed by atoms with Crippen molar-refractivity contribution in [1.29, 1.82) is 0 Å². The maximum absolute atomic E-state index is 13.2. The molecule has 172 valence electrons. The van der Waals surface area contributed by atoms with Gasteiger partial charge in [0.15, 0.2) is 11.5 Å². The molecule has 4 aromatic rings. The Morgan fingerprint density at radius 3 is 2.41 bits per heavy atom. The first-order valence-electron chi connectivity index (χ1n) is 10.5. The van der Waals surface area contributed by atoms with E-state index in [1.807, 2.05) is 36.4 Å². The largest absolute Gasteiger partial charge is 0.486 e. The predicted octanol–water partition coefficient (Wildman–Crippen LogP) is 2.81. The van der Waals surface area contributed by atoms with Crippen LogP contribution in [0.3, 0.4) is 0 Å². The third kappa shape index (κ3) is 3.92. The van der Waals surface area contributed by atoms with Crippen LogP contribution in [0, 0.1) is 0 Å². The van der Waals surface area contributed by atoms with Gasteiger partial charge in [-0.3, -0.25) is 18.7 Å². The van der Waals surface area contributed by atoms with Gasteiger partial charge in [0.2, 0.25) is 0 Å². The van der Waals surface area contributed by atoms with Gasteiger partial charge in [-0.25, -0.2) is 9.78 Å². The minimum Gasteiger partial charge on any atom is -0.486 e. The summed E-state index contributed by atoms with van der Waals surface area (Å²) < 4.78 is 13.7. The van der Waals surface area contributed by atoms with Crippen molar-refractivity contribution in [3.8, 4) is 11.5 Å². The minimum atomic E-state index is -0.518. The maximum Gasteiger partial charge on any atom is 0.332 e. The lowest BCUT2D eigenvalue weighted by Gasteiger charge is -2.21. The number of carbonyl (C=O) groups is 1. The zero-order valence-electron chi connectivity index (χ0n) is 18.4. The molecule has 2 aromatic carbocycles. The number of nitrogens with zero attached hydrogens (tertiary/aromatic N) is 3. The Balaban J connectivity index is 1.53. The van der Waals surface area contributed by atoms with Gasteiger partial charge in [0.1, 0.15) is 24.6 Å². The molecule has 2 aromatic heterocycles. The van der Waals surface area contributed by atoms with Gasteiger partial charge in [0.05, 0.1) is 11.1 Å². The standard InChI is InChI=1S/C24H20N4O5S/c1-27-21-15(23(30)28(2)24(27)31)8-9-16(25-21)22(29)26-17-12-18-19(33-11-10-32-18)13-20(17)34-14-6-4-3-5-7-14/h3-9,12-13H,10-11H2,1-2H3,(H,26,29). The lowest BCUT2D eigenvalue weighted by molar-refractivity contribution is 0.102. The van der Waals surface area contributed by atoms with Crippen molar-refractivity contribution in [2.24, 2.45) is 14.1 Å². The number of carbonyl (C=O) groups excluding carboxylic acids is 1. The summed E-state index contributed by atoms with van der Waals surface area (Å²) in [6.45, 7) is 0.869. The number of amides is 1. The van der Waals surface area contributed by atoms with E-state index in [-0.39, 0.29) is 16.7 Å². The summed E-state index contributed by atoms with van der Waals surface area (Å²) in [5, 5.41) is 3.14. The molecular weight excluding hydrogens is 456 g/mol. The van der Waals surface area contributed by atoms with Crippen LogP contribution in [0.4, 0.5) is 5.69 Å². The van der Waals surface area contributed by atoms with E-state index < -0.39 is 17.2 Å². The van der Waals surface area contributed by atoms with Crippen LogP contribution in [-0.4, -0.2) is 33.2 Å². The number of anilines is 1. The number of ether oxygens (including phenoxy) is 2. The van der Waals surface area contributed by atoms with E-state index in [1.54, 1.807) is 6.07 Å². The summed E-state index contributed by atoms with van der Waals surface area (Å²) in [6.07, 6.45) is 0. The molecule has 0 fully saturated rings. The lowest BCUT2D eigenvalue weighted by atomic mass is 10.2. The van der Waals surface area contributed by atoms with Gasteiger partial charge in [-0.15, -0.1) is 0 Å². The maximum atomic E-state index is 13.2. The predicted molar refractivity (Wildman–Crippen MR) is 128 cm³/mol. The fourth-order valence-corrected chi connectivity index (χ4v) is 4.57. The number of rotatable bonds is 4. The summed E-state index contributed by atoms with van der Waals surface area (Å²) >= 11 is 1.47. The van der Waals surface area contributed by atoms with E-state index >= 15 is 0 Å². The Hall–Kier alpha value is -4.05. The zero-order valence-corrected chi connectivity index (χ0v) is 19.2. The molecule has 0 spiro atoms. The molecule has 34 heavy (non-hydrogen) atoms. The second-order valence-corrected chi connectivity index (χ2v) is 8.75. The van der Waals surface area contributed by atoms with Crippen molar-refractivity contribution in [2.45, 2.75) is 9.79 Å². The van der Waals surface area contributed by atoms with Crippen LogP contribution in [0.5, 0.6) is 11.5 Å². The molecule has 0 unspecified atom stereocenters. The van der Waals surface area contributed by atoms with E-state index in [4.69, 9.17) is 9.47 Å². The average Bonchev–Trinajstić information content (AvgIpc) is 2.86. The van der Waals surface area contributed by atoms with Crippen molar-refractivity contribution in [3.63, 3.8) is 0 Å². The Morgan fingerprint density at radius 1 is 0.971 bits per heavy atom. The van der Waals surface area contributed by atoms with Crippen LogP contribution in [-0.2, 0) is 14.1 Å². The molecule has 10 heteroatoms. The second-order valence-electron chi connectivity index (χ2n) is 7.63. The molecule has 1 N–H and O–H groups in total. The van der Waals surface area contributed by atoms with Crippen molar-refractivity contribution in [1.82, 2.24) is 14.1 Å². The van der Waals surface area contributed by atoms with Crippen molar-refractivity contribution >= 4 is 34.4 Å². The van der Waals surface area contributed by atoms with Gasteiger partial charge in [-0.1, -0.05) is 30.0 Å². The number of aromatic nitrogens is 3. The highest BCUT2D eigenvalue weighted by molar-refractivity contribution is 7.99. The fourth-order valence-electron chi connectivity index (χ4n) is 3.63. The third-order valence-electron chi connectivity index (χ3n) is 5.40. The minimum absolute atomic E-state index is 0.0707. The summed E-state index contributed by atoms with van der Waals surface area (Å²) in [5.74, 6) is 0.662. The topological polar surface area (TPSA) is 104 Å². The number of aryl methyl sites for hydroxylation is 1. The second kappa shape index (κ2) is 8.71. The Kier molecular flexibility index (Phi) is 5.58. The quantitative estimate of drug-likeness (QED) is 0.483. The Bertz CT molecular complexity index is 1550. The number of pyridine rings is 1. The lowest BCUT2D eigenvalue weighted by Crippen LogP contribution is -2.37. The van der Waals surface area contributed by atoms with Gasteiger partial charge in [-0.05, 0) is 24.3 Å². The number of benzene rings is 2. The number of nitrogens with one attached hydrogen (secondary N) is 1. The zero-order chi connectivity index (χ0) is 23.8. The van der Waals surface area contributed by atoms with Crippen molar-refractivity contribution in [3.05, 3.63) is 81.1 Å². The van der Waals surface area contributed by atoms with Gasteiger partial charge in [0, 0.05) is 36.0 Å². The molecule has 0 aliphatic carbocycles. The highest BCUT2D eigenvalue weighted by atomic mass is 32.2. The molecule has 1 aliphatic rings. The molecule has 0 radical (unpaired) electrons. The number of hydrogen-bond donors (Lipinski definition) is 1.